The first-order chi connectivity index (χ1) is 14.1. The molecule has 0 amide bonds. The van der Waals surface area contributed by atoms with Crippen LogP contribution in [0.2, 0.25) is 5.02 Å². The van der Waals surface area contributed by atoms with Crippen LogP contribution in [0.3, 0.4) is 0 Å². The van der Waals surface area contributed by atoms with Gasteiger partial charge in [-0.3, -0.25) is 4.79 Å². The maximum atomic E-state index is 12.8. The third-order valence-electron chi connectivity index (χ3n) is 5.31. The van der Waals surface area contributed by atoms with Crippen molar-refractivity contribution < 1.29 is 4.79 Å². The van der Waals surface area contributed by atoms with Gasteiger partial charge in [-0.05, 0) is 42.7 Å². The van der Waals surface area contributed by atoms with Gasteiger partial charge in [0.1, 0.15) is 6.04 Å². The number of rotatable bonds is 2. The number of allylic oxidation sites excluding steroid dienone is 2. The number of carbonyl (C=O) groups is 1. The van der Waals surface area contributed by atoms with Gasteiger partial charge in [0.2, 0.25) is 5.95 Å². The van der Waals surface area contributed by atoms with E-state index in [0.717, 1.165) is 35.2 Å². The quantitative estimate of drug-likeness (QED) is 0.683. The highest BCUT2D eigenvalue weighted by Crippen LogP contribution is 2.40. The molecule has 0 fully saturated rings. The zero-order valence-corrected chi connectivity index (χ0v) is 16.1. The summed E-state index contributed by atoms with van der Waals surface area (Å²) in [6.45, 7) is 0. The lowest BCUT2D eigenvalue weighted by atomic mass is 9.85. The number of hydrogen-bond donors (Lipinski definition) is 1. The molecular formula is C22H16ClN5O. The van der Waals surface area contributed by atoms with Crippen molar-refractivity contribution in [1.82, 2.24) is 14.8 Å². The first-order valence-electron chi connectivity index (χ1n) is 9.40. The summed E-state index contributed by atoms with van der Waals surface area (Å²) < 4.78 is 1.76. The Kier molecular flexibility index (Phi) is 4.18. The van der Waals surface area contributed by atoms with Crippen LogP contribution < -0.4 is 5.32 Å². The number of nitrogens with zero attached hydrogens (tertiary/aromatic N) is 4. The van der Waals surface area contributed by atoms with Crippen molar-refractivity contribution in [2.24, 2.45) is 0 Å². The van der Waals surface area contributed by atoms with E-state index in [-0.39, 0.29) is 11.8 Å². The van der Waals surface area contributed by atoms with Crippen molar-refractivity contribution in [3.8, 4) is 17.5 Å². The van der Waals surface area contributed by atoms with Crippen molar-refractivity contribution in [3.63, 3.8) is 0 Å². The maximum Gasteiger partial charge on any atom is 0.226 e. The molecule has 1 aromatic heterocycles. The molecule has 2 aliphatic rings. The number of aromatic nitrogens is 3. The number of hydrogen-bond acceptors (Lipinski definition) is 5. The minimum absolute atomic E-state index is 0.124. The molecule has 1 unspecified atom stereocenters. The first kappa shape index (κ1) is 17.7. The molecule has 1 aliphatic carbocycles. The fourth-order valence-corrected chi connectivity index (χ4v) is 4.14. The number of nitrogens with one attached hydrogen (secondary N) is 1. The van der Waals surface area contributed by atoms with E-state index in [4.69, 9.17) is 22.0 Å². The van der Waals surface area contributed by atoms with Gasteiger partial charge in [-0.15, -0.1) is 5.10 Å². The molecule has 0 saturated carbocycles. The summed E-state index contributed by atoms with van der Waals surface area (Å²) >= 11 is 6.14. The van der Waals surface area contributed by atoms with Gasteiger partial charge in [-0.25, -0.2) is 4.68 Å². The largest absolute Gasteiger partial charge is 0.328 e. The normalized spacial score (nSPS) is 17.9. The third kappa shape index (κ3) is 3.00. The zero-order valence-electron chi connectivity index (χ0n) is 15.4. The van der Waals surface area contributed by atoms with E-state index in [2.05, 4.69) is 16.4 Å². The lowest BCUT2D eigenvalue weighted by Gasteiger charge is -2.32. The Morgan fingerprint density at radius 1 is 1.17 bits per heavy atom. The van der Waals surface area contributed by atoms with Gasteiger partial charge in [0, 0.05) is 28.3 Å². The van der Waals surface area contributed by atoms with Gasteiger partial charge in [0.15, 0.2) is 11.6 Å². The summed E-state index contributed by atoms with van der Waals surface area (Å²) in [7, 11) is 0. The number of fused-ring (bicyclic) bond motifs is 1. The smallest absolute Gasteiger partial charge is 0.226 e. The van der Waals surface area contributed by atoms with Gasteiger partial charge >= 0.3 is 0 Å². The Balaban J connectivity index is 1.67. The lowest BCUT2D eigenvalue weighted by Crippen LogP contribution is -2.31. The van der Waals surface area contributed by atoms with E-state index >= 15 is 0 Å². The standard InChI is InChI=1S/C22H16ClN5O/c23-16-4-1-3-15(11-16)21-26-22-25-17-5-2-6-18(29)19(17)20(28(22)27-21)14-9-7-13(12-24)8-10-14/h1,3-4,7-11,20H,2,5-6H2,(H,25,26,27). The van der Waals surface area contributed by atoms with Crippen LogP contribution in [0.5, 0.6) is 0 Å². The molecule has 6 nitrogen and oxygen atoms in total. The minimum Gasteiger partial charge on any atom is -0.328 e. The third-order valence-corrected chi connectivity index (χ3v) is 5.54. The van der Waals surface area contributed by atoms with Crippen LogP contribution in [0.15, 0.2) is 59.8 Å². The van der Waals surface area contributed by atoms with Gasteiger partial charge < -0.3 is 5.32 Å². The highest BCUT2D eigenvalue weighted by molar-refractivity contribution is 6.30. The van der Waals surface area contributed by atoms with Crippen LogP contribution >= 0.6 is 11.6 Å². The molecule has 5 rings (SSSR count). The molecule has 0 radical (unpaired) electrons. The summed E-state index contributed by atoms with van der Waals surface area (Å²) in [5.41, 5.74) is 3.93. The van der Waals surface area contributed by atoms with Gasteiger partial charge in [-0.1, -0.05) is 35.9 Å². The number of benzene rings is 2. The lowest BCUT2D eigenvalue weighted by molar-refractivity contribution is -0.116. The predicted molar refractivity (Wildman–Crippen MR) is 109 cm³/mol. The van der Waals surface area contributed by atoms with Crippen LogP contribution in [0.25, 0.3) is 11.4 Å². The fourth-order valence-electron chi connectivity index (χ4n) is 3.95. The second kappa shape index (κ2) is 6.87. The molecule has 1 atom stereocenters. The number of anilines is 1. The Morgan fingerprint density at radius 3 is 2.76 bits per heavy atom. The number of Topliss-reactive ketones (excluding diaryl/α,β-unsaturated/α-hetero) is 1. The highest BCUT2D eigenvalue weighted by atomic mass is 35.5. The van der Waals surface area contributed by atoms with Crippen molar-refractivity contribution in [2.75, 3.05) is 5.32 Å². The first-order valence-corrected chi connectivity index (χ1v) is 9.77. The number of ketones is 1. The molecule has 0 saturated heterocycles. The van der Waals surface area contributed by atoms with Crippen molar-refractivity contribution in [3.05, 3.63) is 76.0 Å². The molecule has 3 aromatic rings. The van der Waals surface area contributed by atoms with Gasteiger partial charge in [0.05, 0.1) is 11.6 Å². The Labute approximate surface area is 172 Å². The Bertz CT molecular complexity index is 1200. The number of nitriles is 1. The van der Waals surface area contributed by atoms with Crippen molar-refractivity contribution >= 4 is 23.3 Å². The molecule has 7 heteroatoms. The summed E-state index contributed by atoms with van der Waals surface area (Å²) in [5.74, 6) is 1.27. The second-order valence-corrected chi connectivity index (χ2v) is 7.58. The topological polar surface area (TPSA) is 83.6 Å². The van der Waals surface area contributed by atoms with E-state index in [0.29, 0.717) is 28.8 Å². The van der Waals surface area contributed by atoms with Gasteiger partial charge in [-0.2, -0.15) is 10.2 Å². The average molecular weight is 402 g/mol. The van der Waals surface area contributed by atoms with Crippen LogP contribution in [-0.4, -0.2) is 20.5 Å². The van der Waals surface area contributed by atoms with Crippen LogP contribution in [-0.2, 0) is 4.79 Å². The minimum atomic E-state index is -0.373. The number of carbonyl (C=O) groups excluding carboxylic acids is 1. The van der Waals surface area contributed by atoms with Gasteiger partial charge in [0.25, 0.3) is 0 Å². The Hall–Kier alpha value is -3.43. The maximum absolute atomic E-state index is 12.8. The van der Waals surface area contributed by atoms with Crippen molar-refractivity contribution in [1.29, 1.82) is 5.26 Å². The fraction of sp³-hybridized carbons (Fsp3) is 0.182. The molecule has 2 heterocycles. The molecular weight excluding hydrogens is 386 g/mol. The van der Waals surface area contributed by atoms with E-state index in [1.54, 1.807) is 22.9 Å². The molecule has 1 aliphatic heterocycles. The van der Waals surface area contributed by atoms with Crippen LogP contribution in [0, 0.1) is 11.3 Å². The highest BCUT2D eigenvalue weighted by Gasteiger charge is 2.36. The summed E-state index contributed by atoms with van der Waals surface area (Å²) in [6, 6.07) is 16.4. The van der Waals surface area contributed by atoms with Crippen molar-refractivity contribution in [2.45, 2.75) is 25.3 Å². The average Bonchev–Trinajstić information content (AvgIpc) is 3.16. The number of halogens is 1. The predicted octanol–water partition coefficient (Wildman–Crippen LogP) is 4.49. The summed E-state index contributed by atoms with van der Waals surface area (Å²) in [4.78, 5) is 17.5. The molecule has 2 aromatic carbocycles. The van der Waals surface area contributed by atoms with Crippen LogP contribution in [0.4, 0.5) is 5.95 Å². The summed E-state index contributed by atoms with van der Waals surface area (Å²) in [6.07, 6.45) is 2.14. The van der Waals surface area contributed by atoms with E-state index in [9.17, 15) is 4.79 Å². The van der Waals surface area contributed by atoms with Crippen LogP contribution in [0.1, 0.15) is 36.4 Å². The molecule has 142 valence electrons. The van der Waals surface area contributed by atoms with E-state index in [1.165, 1.54) is 0 Å². The molecule has 0 bridgehead atoms. The molecule has 29 heavy (non-hydrogen) atoms. The monoisotopic (exact) mass is 401 g/mol. The second-order valence-electron chi connectivity index (χ2n) is 7.14. The molecule has 0 spiro atoms. The molecule has 1 N–H and O–H groups in total. The van der Waals surface area contributed by atoms with E-state index < -0.39 is 0 Å². The summed E-state index contributed by atoms with van der Waals surface area (Å²) in [5, 5.41) is 17.8. The SMILES string of the molecule is N#Cc1ccc(C2C3=C(CCCC3=O)Nc3nc(-c4cccc(Cl)c4)nn32)cc1. The zero-order chi connectivity index (χ0) is 20.0. The van der Waals surface area contributed by atoms with E-state index in [1.807, 2.05) is 30.3 Å². The Morgan fingerprint density at radius 2 is 2.00 bits per heavy atom.